The number of nitrogens with zero attached hydrogens (tertiary/aromatic N) is 5. The number of ether oxygens (including phenoxy) is 1. The smallest absolute Gasteiger partial charge is 0.287 e. The van der Waals surface area contributed by atoms with Gasteiger partial charge in [0.1, 0.15) is 0 Å². The largest absolute Gasteiger partial charge is 0.459 e. The van der Waals surface area contributed by atoms with Gasteiger partial charge < -0.3 is 24.3 Å². The molecule has 0 bridgehead atoms. The van der Waals surface area contributed by atoms with E-state index in [0.717, 1.165) is 42.8 Å². The lowest BCUT2D eigenvalue weighted by Crippen LogP contribution is -2.28. The van der Waals surface area contributed by atoms with E-state index in [2.05, 4.69) is 30.9 Å². The lowest BCUT2D eigenvalue weighted by Gasteiger charge is -2.25. The van der Waals surface area contributed by atoms with Crippen LogP contribution < -0.4 is 10.6 Å². The summed E-state index contributed by atoms with van der Waals surface area (Å²) in [7, 11) is 0. The lowest BCUT2D eigenvalue weighted by atomic mass is 10.1. The van der Waals surface area contributed by atoms with Crippen LogP contribution >= 0.6 is 0 Å². The van der Waals surface area contributed by atoms with Crippen molar-refractivity contribution in [3.05, 3.63) is 42.4 Å². The number of anilines is 1. The van der Waals surface area contributed by atoms with Gasteiger partial charge in [-0.25, -0.2) is 9.67 Å². The fourth-order valence-corrected chi connectivity index (χ4v) is 3.71. The number of aromatic nitrogens is 5. The molecule has 0 atom stereocenters. The second-order valence-electron chi connectivity index (χ2n) is 7.45. The summed E-state index contributed by atoms with van der Waals surface area (Å²) in [6.07, 6.45) is 6.77. The molecule has 2 N–H and O–H groups in total. The third-order valence-electron chi connectivity index (χ3n) is 5.39. The highest BCUT2D eigenvalue weighted by Gasteiger charge is 2.22. The minimum atomic E-state index is -0.349. The minimum Gasteiger partial charge on any atom is -0.459 e. The van der Waals surface area contributed by atoms with E-state index in [1.165, 1.54) is 6.26 Å². The number of pyridine rings is 1. The highest BCUT2D eigenvalue weighted by molar-refractivity contribution is 5.96. The van der Waals surface area contributed by atoms with Gasteiger partial charge in [0.05, 0.1) is 35.6 Å². The Morgan fingerprint density at radius 1 is 1.28 bits per heavy atom. The number of fused-ring (bicyclic) bond motifs is 1. The molecule has 0 aromatic carbocycles. The summed E-state index contributed by atoms with van der Waals surface area (Å²) in [4.78, 5) is 21.1. The Kier molecular flexibility index (Phi) is 5.55. The first-order chi connectivity index (χ1) is 15.7. The van der Waals surface area contributed by atoms with Crippen LogP contribution in [0.4, 0.5) is 5.69 Å². The number of rotatable bonds is 7. The highest BCUT2D eigenvalue weighted by Crippen LogP contribution is 2.34. The van der Waals surface area contributed by atoms with Crippen LogP contribution in [0.1, 0.15) is 36.1 Å². The molecular formula is C21H23N7O4. The van der Waals surface area contributed by atoms with E-state index >= 15 is 0 Å². The molecule has 0 spiro atoms. The number of nitrogens with one attached hydrogen (secondary N) is 2. The van der Waals surface area contributed by atoms with Crippen molar-refractivity contribution in [2.24, 2.45) is 0 Å². The molecule has 1 aliphatic heterocycles. The van der Waals surface area contributed by atoms with Crippen molar-refractivity contribution in [3.8, 4) is 11.5 Å². The lowest BCUT2D eigenvalue weighted by molar-refractivity contribution is 0.0904. The second kappa shape index (κ2) is 8.79. The van der Waals surface area contributed by atoms with Gasteiger partial charge in [0.15, 0.2) is 17.2 Å². The van der Waals surface area contributed by atoms with E-state index in [1.807, 2.05) is 11.6 Å². The molecule has 0 aliphatic carbocycles. The molecule has 0 saturated carbocycles. The van der Waals surface area contributed by atoms with Crippen molar-refractivity contribution in [1.29, 1.82) is 0 Å². The molecule has 0 radical (unpaired) electrons. The zero-order valence-electron chi connectivity index (χ0n) is 17.6. The molecule has 32 heavy (non-hydrogen) atoms. The number of furan rings is 1. The van der Waals surface area contributed by atoms with Gasteiger partial charge in [-0.15, -0.1) is 0 Å². The molecule has 0 unspecified atom stereocenters. The van der Waals surface area contributed by atoms with E-state index < -0.39 is 0 Å². The zero-order chi connectivity index (χ0) is 21.9. The summed E-state index contributed by atoms with van der Waals surface area (Å²) in [5.74, 6) is 0.541. The zero-order valence-corrected chi connectivity index (χ0v) is 17.6. The van der Waals surface area contributed by atoms with Crippen molar-refractivity contribution in [1.82, 2.24) is 30.2 Å². The van der Waals surface area contributed by atoms with Crippen molar-refractivity contribution >= 4 is 22.6 Å². The molecule has 166 valence electrons. The van der Waals surface area contributed by atoms with E-state index in [4.69, 9.17) is 13.7 Å². The van der Waals surface area contributed by atoms with Crippen LogP contribution in [0.25, 0.3) is 22.5 Å². The Bertz CT molecular complexity index is 1210. The van der Waals surface area contributed by atoms with E-state index in [0.29, 0.717) is 23.8 Å². The Labute approximate surface area is 183 Å². The van der Waals surface area contributed by atoms with E-state index in [-0.39, 0.29) is 24.3 Å². The summed E-state index contributed by atoms with van der Waals surface area (Å²) in [5.41, 5.74) is 2.34. The molecule has 11 heteroatoms. The van der Waals surface area contributed by atoms with Gasteiger partial charge in [0.25, 0.3) is 11.8 Å². The summed E-state index contributed by atoms with van der Waals surface area (Å²) >= 11 is 0. The first-order valence-electron chi connectivity index (χ1n) is 10.6. The Morgan fingerprint density at radius 3 is 2.94 bits per heavy atom. The molecule has 1 aliphatic rings. The van der Waals surface area contributed by atoms with Crippen LogP contribution in [-0.4, -0.2) is 50.1 Å². The maximum absolute atomic E-state index is 12.1. The Balaban J connectivity index is 1.42. The number of hydrogen-bond acceptors (Lipinski definition) is 9. The number of carbonyl (C=O) groups excluding carboxylic acids is 1. The molecule has 5 rings (SSSR count). The van der Waals surface area contributed by atoms with Crippen LogP contribution in [0.3, 0.4) is 0 Å². The standard InChI is InChI=1S/C21H23N7O4/c1-2-28-19-14(11-24-28)18(25-13-5-8-30-9-6-13)15(10-22-19)21-26-17(27-32-21)12-23-20(29)16-4-3-7-31-16/h3-4,7,10-11,13H,2,5-6,8-9,12H2,1H3,(H,22,25)(H,23,29). The van der Waals surface area contributed by atoms with Crippen LogP contribution in [0.5, 0.6) is 0 Å². The maximum atomic E-state index is 12.1. The molecule has 4 aromatic heterocycles. The molecule has 5 heterocycles. The van der Waals surface area contributed by atoms with Crippen LogP contribution in [0.2, 0.25) is 0 Å². The van der Waals surface area contributed by atoms with Crippen molar-refractivity contribution < 1.29 is 18.5 Å². The predicted molar refractivity (Wildman–Crippen MR) is 114 cm³/mol. The van der Waals surface area contributed by atoms with Gasteiger partial charge >= 0.3 is 0 Å². The van der Waals surface area contributed by atoms with Crippen LogP contribution in [0.15, 0.2) is 39.7 Å². The van der Waals surface area contributed by atoms with E-state index in [1.54, 1.807) is 24.5 Å². The Morgan fingerprint density at radius 2 is 2.16 bits per heavy atom. The molecule has 11 nitrogen and oxygen atoms in total. The van der Waals surface area contributed by atoms with Gasteiger partial charge in [0, 0.05) is 32.0 Å². The fraction of sp³-hybridized carbons (Fsp3) is 0.381. The number of hydrogen-bond donors (Lipinski definition) is 2. The average Bonchev–Trinajstić information content (AvgIpc) is 3.59. The van der Waals surface area contributed by atoms with Crippen molar-refractivity contribution in [3.63, 3.8) is 0 Å². The summed E-state index contributed by atoms with van der Waals surface area (Å²) in [5, 5.41) is 15.7. The number of aryl methyl sites for hydroxylation is 1. The minimum absolute atomic E-state index is 0.106. The summed E-state index contributed by atoms with van der Waals surface area (Å²) < 4.78 is 17.9. The number of carbonyl (C=O) groups is 1. The molecule has 1 amide bonds. The number of amides is 1. The normalized spacial score (nSPS) is 14.7. The van der Waals surface area contributed by atoms with Crippen molar-refractivity contribution in [2.45, 2.75) is 38.9 Å². The summed E-state index contributed by atoms with van der Waals surface area (Å²) in [6.45, 7) is 4.28. The predicted octanol–water partition coefficient (Wildman–Crippen LogP) is 2.62. The van der Waals surface area contributed by atoms with Gasteiger partial charge in [-0.1, -0.05) is 5.16 Å². The van der Waals surface area contributed by atoms with Gasteiger partial charge in [-0.05, 0) is 31.9 Å². The molecule has 1 fully saturated rings. The van der Waals surface area contributed by atoms with Crippen molar-refractivity contribution in [2.75, 3.05) is 18.5 Å². The monoisotopic (exact) mass is 437 g/mol. The van der Waals surface area contributed by atoms with Gasteiger partial charge in [-0.3, -0.25) is 4.79 Å². The van der Waals surface area contributed by atoms with Crippen LogP contribution in [0, 0.1) is 0 Å². The second-order valence-corrected chi connectivity index (χ2v) is 7.45. The fourth-order valence-electron chi connectivity index (χ4n) is 3.71. The highest BCUT2D eigenvalue weighted by atomic mass is 16.5. The average molecular weight is 437 g/mol. The third-order valence-corrected chi connectivity index (χ3v) is 5.39. The quantitative estimate of drug-likeness (QED) is 0.447. The van der Waals surface area contributed by atoms with Gasteiger partial charge in [-0.2, -0.15) is 10.1 Å². The maximum Gasteiger partial charge on any atom is 0.287 e. The van der Waals surface area contributed by atoms with Gasteiger partial charge in [0.2, 0.25) is 0 Å². The molecule has 4 aromatic rings. The first kappa shape index (κ1) is 20.2. The molecule has 1 saturated heterocycles. The Hall–Kier alpha value is -3.73. The summed E-state index contributed by atoms with van der Waals surface area (Å²) in [6, 6.07) is 3.49. The van der Waals surface area contributed by atoms with E-state index in [9.17, 15) is 4.79 Å². The van der Waals surface area contributed by atoms with Crippen LogP contribution in [-0.2, 0) is 17.8 Å². The molecular weight excluding hydrogens is 414 g/mol. The topological polar surface area (TPSA) is 133 Å². The SMILES string of the molecule is CCn1ncc2c(NC3CCOCC3)c(-c3nc(CNC(=O)c4ccco4)no3)cnc21. The first-order valence-corrected chi connectivity index (χ1v) is 10.6. The third kappa shape index (κ3) is 3.94.